The molecule has 3 saturated carbocycles. The third kappa shape index (κ3) is 3.90. The quantitative estimate of drug-likeness (QED) is 0.349. The Morgan fingerprint density at radius 3 is 2.64 bits per heavy atom. The molecule has 0 spiro atoms. The molecule has 186 valence electrons. The molecule has 2 bridgehead atoms. The van der Waals surface area contributed by atoms with Crippen molar-refractivity contribution >= 4 is 40.1 Å². The van der Waals surface area contributed by atoms with Crippen LogP contribution < -0.4 is 15.6 Å². The molecular weight excluding hydrogens is 506 g/mol. The van der Waals surface area contributed by atoms with Gasteiger partial charge in [-0.1, -0.05) is 23.2 Å². The third-order valence-corrected chi connectivity index (χ3v) is 7.95. The maximum absolute atomic E-state index is 14.7. The van der Waals surface area contributed by atoms with Gasteiger partial charge in [-0.15, -0.1) is 0 Å². The number of ether oxygens (including phenoxy) is 1. The second-order valence-corrected chi connectivity index (χ2v) is 10.9. The number of pyridine rings is 1. The van der Waals surface area contributed by atoms with E-state index in [0.29, 0.717) is 33.6 Å². The van der Waals surface area contributed by atoms with Crippen molar-refractivity contribution in [1.29, 1.82) is 0 Å². The van der Waals surface area contributed by atoms with Gasteiger partial charge in [0.2, 0.25) is 0 Å². The second kappa shape index (κ2) is 8.45. The Balaban J connectivity index is 1.15. The zero-order valence-electron chi connectivity index (χ0n) is 19.5. The van der Waals surface area contributed by atoms with E-state index in [1.54, 1.807) is 22.9 Å². The van der Waals surface area contributed by atoms with Gasteiger partial charge in [-0.05, 0) is 48.3 Å². The van der Waals surface area contributed by atoms with Gasteiger partial charge in [-0.3, -0.25) is 9.48 Å². The number of fused-ring (bicyclic) bond motifs is 1. The van der Waals surface area contributed by atoms with Crippen molar-refractivity contribution < 1.29 is 9.13 Å². The second-order valence-electron chi connectivity index (χ2n) is 10.0. The van der Waals surface area contributed by atoms with Gasteiger partial charge >= 0.3 is 0 Å². The molecule has 3 fully saturated rings. The van der Waals surface area contributed by atoms with Crippen LogP contribution in [-0.4, -0.2) is 31.4 Å². The summed E-state index contributed by atoms with van der Waals surface area (Å²) in [6.45, 7) is 1.60. The molecule has 0 aliphatic heterocycles. The molecule has 11 heteroatoms. The number of hydrogen-bond donors (Lipinski definition) is 1. The van der Waals surface area contributed by atoms with Gasteiger partial charge in [0.15, 0.2) is 17.2 Å². The molecule has 7 rings (SSSR count). The number of rotatable bonds is 8. The minimum Gasteiger partial charge on any atom is -0.494 e. The molecule has 1 N–H and O–H groups in total. The van der Waals surface area contributed by atoms with Crippen molar-refractivity contribution in [3.8, 4) is 5.75 Å². The van der Waals surface area contributed by atoms with E-state index in [2.05, 4.69) is 20.4 Å². The highest BCUT2D eigenvalue weighted by molar-refractivity contribution is 6.31. The molecule has 1 aromatic carbocycles. The molecule has 3 aliphatic carbocycles. The summed E-state index contributed by atoms with van der Waals surface area (Å²) in [6, 6.07) is 6.24. The zero-order valence-corrected chi connectivity index (χ0v) is 21.0. The number of nitrogens with one attached hydrogen (secondary N) is 1. The largest absolute Gasteiger partial charge is 0.494 e. The Bertz CT molecular complexity index is 1530. The van der Waals surface area contributed by atoms with E-state index in [0.717, 1.165) is 31.2 Å². The molecule has 0 radical (unpaired) electrons. The lowest BCUT2D eigenvalue weighted by Gasteiger charge is -2.71. The summed E-state index contributed by atoms with van der Waals surface area (Å²) < 4.78 is 23.4. The van der Waals surface area contributed by atoms with Crippen LogP contribution in [0, 0.1) is 16.6 Å². The number of benzene rings is 1. The normalized spacial score (nSPS) is 22.2. The number of aromatic nitrogens is 5. The fourth-order valence-corrected chi connectivity index (χ4v) is 6.47. The van der Waals surface area contributed by atoms with Crippen LogP contribution in [0.1, 0.15) is 24.8 Å². The highest BCUT2D eigenvalue weighted by Gasteiger charge is 2.67. The van der Waals surface area contributed by atoms with Crippen LogP contribution >= 0.6 is 23.2 Å². The predicted molar refractivity (Wildman–Crippen MR) is 135 cm³/mol. The Labute approximate surface area is 216 Å². The van der Waals surface area contributed by atoms with Crippen molar-refractivity contribution in [3.05, 3.63) is 74.8 Å². The third-order valence-electron chi connectivity index (χ3n) is 7.37. The lowest BCUT2D eigenvalue weighted by atomic mass is 9.35. The van der Waals surface area contributed by atoms with Gasteiger partial charge in [0.05, 0.1) is 17.5 Å². The molecule has 0 unspecified atom stereocenters. The zero-order chi connectivity index (χ0) is 25.1. The smallest absolute Gasteiger partial charge is 0.250 e. The molecule has 4 aromatic rings. The summed E-state index contributed by atoms with van der Waals surface area (Å²) in [5.41, 5.74) is 1.19. The first-order chi connectivity index (χ1) is 17.3. The predicted octanol–water partition coefficient (Wildman–Crippen LogP) is 4.93. The van der Waals surface area contributed by atoms with Crippen molar-refractivity contribution in [2.75, 3.05) is 12.4 Å². The minimum absolute atomic E-state index is 0.0229. The fourth-order valence-electron chi connectivity index (χ4n) is 6.07. The van der Waals surface area contributed by atoms with Crippen LogP contribution in [0.4, 0.5) is 10.2 Å². The Morgan fingerprint density at radius 1 is 1.08 bits per heavy atom. The Hall–Kier alpha value is -3.17. The van der Waals surface area contributed by atoms with Crippen LogP contribution in [0.25, 0.3) is 11.0 Å². The summed E-state index contributed by atoms with van der Waals surface area (Å²) in [6.07, 6.45) is 8.20. The fraction of sp³-hybridized carbons (Fsp3) is 0.360. The summed E-state index contributed by atoms with van der Waals surface area (Å²) in [4.78, 5) is 20.8. The average Bonchev–Trinajstić information content (AvgIpc) is 3.22. The number of methoxy groups -OCH3 is 1. The van der Waals surface area contributed by atoms with Crippen LogP contribution in [0.5, 0.6) is 5.75 Å². The summed E-state index contributed by atoms with van der Waals surface area (Å²) in [7, 11) is 1.41. The van der Waals surface area contributed by atoms with Gasteiger partial charge in [-0.25, -0.2) is 14.4 Å². The van der Waals surface area contributed by atoms with Gasteiger partial charge < -0.3 is 14.6 Å². The van der Waals surface area contributed by atoms with Crippen molar-refractivity contribution in [2.45, 2.75) is 38.9 Å². The molecule has 36 heavy (non-hydrogen) atoms. The van der Waals surface area contributed by atoms with E-state index < -0.39 is 5.82 Å². The molecule has 0 atom stereocenters. The summed E-state index contributed by atoms with van der Waals surface area (Å²) >= 11 is 12.3. The average molecular weight is 529 g/mol. The topological polar surface area (TPSA) is 86.9 Å². The lowest BCUT2D eigenvalue weighted by Crippen LogP contribution is -2.65. The van der Waals surface area contributed by atoms with E-state index in [9.17, 15) is 9.18 Å². The van der Waals surface area contributed by atoms with Crippen LogP contribution in [0.3, 0.4) is 0 Å². The maximum atomic E-state index is 14.7. The molecule has 3 heterocycles. The minimum atomic E-state index is -0.504. The summed E-state index contributed by atoms with van der Waals surface area (Å²) in [5.74, 6) is 0.184. The number of hydrogen-bond acceptors (Lipinski definition) is 6. The Morgan fingerprint density at radius 2 is 1.86 bits per heavy atom. The number of nitrogens with zero attached hydrogens (tertiary/aromatic N) is 5. The van der Waals surface area contributed by atoms with Gasteiger partial charge in [0.25, 0.3) is 5.56 Å². The van der Waals surface area contributed by atoms with Crippen molar-refractivity contribution in [2.24, 2.45) is 10.8 Å². The van der Waals surface area contributed by atoms with Crippen LogP contribution in [-0.2, 0) is 19.6 Å². The van der Waals surface area contributed by atoms with E-state index in [4.69, 9.17) is 27.9 Å². The number of halogens is 3. The first-order valence-corrected chi connectivity index (χ1v) is 12.3. The molecular formula is C25H23Cl2FN6O2. The molecule has 3 aromatic heterocycles. The van der Waals surface area contributed by atoms with Crippen LogP contribution in [0.2, 0.25) is 10.0 Å². The highest BCUT2D eigenvalue weighted by atomic mass is 35.5. The first kappa shape index (κ1) is 23.2. The lowest BCUT2D eigenvalue weighted by molar-refractivity contribution is -0.221. The maximum Gasteiger partial charge on any atom is 0.250 e. The van der Waals surface area contributed by atoms with E-state index >= 15 is 0 Å². The SMILES string of the molecule is COc1ccc(Cl)c(CNc2ncnc3nn(CC45CC(Cn6cc(Cl)ccc6=O)(C4)C5)cc23)c1F. The summed E-state index contributed by atoms with van der Waals surface area (Å²) in [5, 5.41) is 9.44. The molecule has 8 nitrogen and oxygen atoms in total. The van der Waals surface area contributed by atoms with E-state index in [-0.39, 0.29) is 28.7 Å². The van der Waals surface area contributed by atoms with Gasteiger partial charge in [0.1, 0.15) is 12.1 Å². The van der Waals surface area contributed by atoms with Crippen LogP contribution in [0.15, 0.2) is 47.8 Å². The molecule has 0 saturated heterocycles. The van der Waals surface area contributed by atoms with E-state index in [1.165, 1.54) is 25.6 Å². The number of anilines is 1. The van der Waals surface area contributed by atoms with Crippen molar-refractivity contribution in [1.82, 2.24) is 24.3 Å². The molecule has 3 aliphatic rings. The first-order valence-electron chi connectivity index (χ1n) is 11.6. The van der Waals surface area contributed by atoms with Crippen molar-refractivity contribution in [3.63, 3.8) is 0 Å². The van der Waals surface area contributed by atoms with Gasteiger partial charge in [0, 0.05) is 48.7 Å². The standard InChI is InChI=1S/C25H23Cl2FN6O2/c1-36-19-4-3-18(27)16(21(19)28)6-29-22-17-8-34(32-23(17)31-14-30-22)13-25-9-24(10-25,11-25)12-33-7-15(26)2-5-20(33)35/h2-5,7-8,14H,6,9-13H2,1H3,(H,29,30,31,32). The highest BCUT2D eigenvalue weighted by Crippen LogP contribution is 2.74. The molecule has 0 amide bonds. The Kier molecular flexibility index (Phi) is 5.46. The van der Waals surface area contributed by atoms with Gasteiger partial charge in [-0.2, -0.15) is 5.10 Å². The van der Waals surface area contributed by atoms with E-state index in [1.807, 2.05) is 10.9 Å². The monoisotopic (exact) mass is 528 g/mol.